The van der Waals surface area contributed by atoms with Crippen LogP contribution in [0.15, 0.2) is 35.6 Å². The third-order valence-corrected chi connectivity index (χ3v) is 3.30. The third kappa shape index (κ3) is 3.10. The molecule has 0 bridgehead atoms. The zero-order valence-electron chi connectivity index (χ0n) is 10.2. The lowest BCUT2D eigenvalue weighted by atomic mass is 10.2. The number of nitrogens with zero attached hydrogens (tertiary/aromatic N) is 3. The predicted octanol–water partition coefficient (Wildman–Crippen LogP) is 1.89. The van der Waals surface area contributed by atoms with E-state index in [9.17, 15) is 4.79 Å². The van der Waals surface area contributed by atoms with Crippen LogP contribution in [0.4, 0.5) is 0 Å². The van der Waals surface area contributed by atoms with Crippen molar-refractivity contribution in [2.45, 2.75) is 10.6 Å². The van der Waals surface area contributed by atoms with E-state index in [-0.39, 0.29) is 5.97 Å². The molecule has 18 heavy (non-hydrogen) atoms. The third-order valence-electron chi connectivity index (χ3n) is 2.31. The van der Waals surface area contributed by atoms with Gasteiger partial charge < -0.3 is 4.74 Å². The minimum atomic E-state index is -0.367. The summed E-state index contributed by atoms with van der Waals surface area (Å²) in [5, 5.41) is 4.09. The Bertz CT molecular complexity index is 537. The van der Waals surface area contributed by atoms with Crippen LogP contribution in [0.2, 0.25) is 0 Å². The summed E-state index contributed by atoms with van der Waals surface area (Å²) in [4.78, 5) is 16.5. The fraction of sp³-hybridized carbons (Fsp3) is 0.250. The SMILES string of the molecule is COC(=O)c1ccc(CSc2cnn(C)c2)nc1. The van der Waals surface area contributed by atoms with Gasteiger partial charge in [-0.1, -0.05) is 0 Å². The molecule has 0 aliphatic heterocycles. The van der Waals surface area contributed by atoms with Crippen molar-refractivity contribution in [1.29, 1.82) is 0 Å². The van der Waals surface area contributed by atoms with Gasteiger partial charge in [-0.15, -0.1) is 11.8 Å². The van der Waals surface area contributed by atoms with Crippen LogP contribution in [-0.2, 0) is 17.5 Å². The Morgan fingerprint density at radius 2 is 2.28 bits per heavy atom. The molecule has 0 aromatic carbocycles. The Balaban J connectivity index is 1.96. The minimum Gasteiger partial charge on any atom is -0.465 e. The first-order chi connectivity index (χ1) is 8.69. The van der Waals surface area contributed by atoms with Crippen LogP contribution in [0, 0.1) is 0 Å². The zero-order chi connectivity index (χ0) is 13.0. The highest BCUT2D eigenvalue weighted by molar-refractivity contribution is 7.98. The Morgan fingerprint density at radius 3 is 2.83 bits per heavy atom. The molecule has 0 aliphatic rings. The van der Waals surface area contributed by atoms with E-state index in [2.05, 4.69) is 14.8 Å². The molecule has 2 aromatic heterocycles. The van der Waals surface area contributed by atoms with Crippen LogP contribution in [-0.4, -0.2) is 27.8 Å². The van der Waals surface area contributed by atoms with Gasteiger partial charge in [0.2, 0.25) is 0 Å². The summed E-state index contributed by atoms with van der Waals surface area (Å²) in [5.74, 6) is 0.376. The predicted molar refractivity (Wildman–Crippen MR) is 68.3 cm³/mol. The van der Waals surface area contributed by atoms with Crippen LogP contribution < -0.4 is 0 Å². The fourth-order valence-corrected chi connectivity index (χ4v) is 2.21. The highest BCUT2D eigenvalue weighted by Gasteiger charge is 2.06. The monoisotopic (exact) mass is 263 g/mol. The smallest absolute Gasteiger partial charge is 0.339 e. The molecule has 2 heterocycles. The molecule has 0 N–H and O–H groups in total. The maximum atomic E-state index is 11.2. The Kier molecular flexibility index (Phi) is 3.99. The molecule has 0 atom stereocenters. The molecule has 0 saturated heterocycles. The molecular weight excluding hydrogens is 250 g/mol. The first-order valence-corrected chi connectivity index (χ1v) is 6.32. The molecule has 0 radical (unpaired) electrons. The van der Waals surface area contributed by atoms with Crippen LogP contribution in [0.5, 0.6) is 0 Å². The lowest BCUT2D eigenvalue weighted by molar-refractivity contribution is 0.0600. The summed E-state index contributed by atoms with van der Waals surface area (Å²) in [6.45, 7) is 0. The first-order valence-electron chi connectivity index (χ1n) is 5.33. The highest BCUT2D eigenvalue weighted by Crippen LogP contribution is 2.20. The van der Waals surface area contributed by atoms with Gasteiger partial charge in [-0.25, -0.2) is 4.79 Å². The second-order valence-corrected chi connectivity index (χ2v) is 4.72. The number of carbonyl (C=O) groups excluding carboxylic acids is 1. The molecule has 6 heteroatoms. The number of carbonyl (C=O) groups is 1. The van der Waals surface area contributed by atoms with Crippen LogP contribution >= 0.6 is 11.8 Å². The topological polar surface area (TPSA) is 57.0 Å². The van der Waals surface area contributed by atoms with E-state index in [0.717, 1.165) is 16.3 Å². The molecule has 2 rings (SSSR count). The van der Waals surface area contributed by atoms with Gasteiger partial charge in [0.25, 0.3) is 0 Å². The first kappa shape index (κ1) is 12.6. The molecule has 94 valence electrons. The van der Waals surface area contributed by atoms with Crippen molar-refractivity contribution >= 4 is 17.7 Å². The highest BCUT2D eigenvalue weighted by atomic mass is 32.2. The number of pyridine rings is 1. The van der Waals surface area contributed by atoms with Crippen molar-refractivity contribution in [3.8, 4) is 0 Å². The molecule has 0 aliphatic carbocycles. The Labute approximate surface area is 109 Å². The molecular formula is C12H13N3O2S. The number of hydrogen-bond donors (Lipinski definition) is 0. The largest absolute Gasteiger partial charge is 0.465 e. The number of methoxy groups -OCH3 is 1. The Hall–Kier alpha value is -1.82. The number of thioether (sulfide) groups is 1. The number of rotatable bonds is 4. The van der Waals surface area contributed by atoms with E-state index < -0.39 is 0 Å². The second-order valence-electron chi connectivity index (χ2n) is 3.67. The van der Waals surface area contributed by atoms with Crippen molar-refractivity contribution in [3.63, 3.8) is 0 Å². The summed E-state index contributed by atoms with van der Waals surface area (Å²) in [5.41, 5.74) is 1.38. The fourth-order valence-electron chi connectivity index (χ4n) is 1.38. The maximum absolute atomic E-state index is 11.2. The van der Waals surface area contributed by atoms with Gasteiger partial charge >= 0.3 is 5.97 Å². The summed E-state index contributed by atoms with van der Waals surface area (Å²) < 4.78 is 6.37. The zero-order valence-corrected chi connectivity index (χ0v) is 11.0. The molecule has 0 unspecified atom stereocenters. The van der Waals surface area contributed by atoms with Gasteiger partial charge in [-0.05, 0) is 12.1 Å². The van der Waals surface area contributed by atoms with Crippen molar-refractivity contribution < 1.29 is 9.53 Å². The van der Waals surface area contributed by atoms with E-state index in [4.69, 9.17) is 0 Å². The van der Waals surface area contributed by atoms with Gasteiger partial charge in [-0.3, -0.25) is 9.67 Å². The van der Waals surface area contributed by atoms with Crippen molar-refractivity contribution in [1.82, 2.24) is 14.8 Å². The maximum Gasteiger partial charge on any atom is 0.339 e. The summed E-state index contributed by atoms with van der Waals surface area (Å²) in [6, 6.07) is 3.55. The summed E-state index contributed by atoms with van der Waals surface area (Å²) in [7, 11) is 3.24. The van der Waals surface area contributed by atoms with Crippen molar-refractivity contribution in [2.24, 2.45) is 7.05 Å². The van der Waals surface area contributed by atoms with Gasteiger partial charge in [0.1, 0.15) is 0 Å². The number of aromatic nitrogens is 3. The number of hydrogen-bond acceptors (Lipinski definition) is 5. The van der Waals surface area contributed by atoms with Crippen LogP contribution in [0.25, 0.3) is 0 Å². The quantitative estimate of drug-likeness (QED) is 0.623. The molecule has 0 fully saturated rings. The molecule has 5 nitrogen and oxygen atoms in total. The van der Waals surface area contributed by atoms with Gasteiger partial charge in [0.05, 0.1) is 24.6 Å². The number of ether oxygens (including phenoxy) is 1. The molecule has 0 spiro atoms. The van der Waals surface area contributed by atoms with Crippen LogP contribution in [0.1, 0.15) is 16.1 Å². The van der Waals surface area contributed by atoms with E-state index in [1.54, 1.807) is 22.5 Å². The van der Waals surface area contributed by atoms with Crippen LogP contribution in [0.3, 0.4) is 0 Å². The minimum absolute atomic E-state index is 0.367. The standard InChI is InChI=1S/C12H13N3O2S/c1-15-7-11(6-14-15)18-8-10-4-3-9(5-13-10)12(16)17-2/h3-7H,8H2,1-2H3. The van der Waals surface area contributed by atoms with Gasteiger partial charge in [-0.2, -0.15) is 5.10 Å². The van der Waals surface area contributed by atoms with E-state index in [1.807, 2.05) is 25.5 Å². The van der Waals surface area contributed by atoms with E-state index in [0.29, 0.717) is 5.56 Å². The van der Waals surface area contributed by atoms with Gasteiger partial charge in [0.15, 0.2) is 0 Å². The molecule has 2 aromatic rings. The number of aryl methyl sites for hydroxylation is 1. The average Bonchev–Trinajstić information content (AvgIpc) is 2.82. The summed E-state index contributed by atoms with van der Waals surface area (Å²) >= 11 is 1.65. The lowest BCUT2D eigenvalue weighted by Gasteiger charge is -2.01. The molecule has 0 saturated carbocycles. The Morgan fingerprint density at radius 1 is 1.44 bits per heavy atom. The van der Waals surface area contributed by atoms with E-state index >= 15 is 0 Å². The lowest BCUT2D eigenvalue weighted by Crippen LogP contribution is -2.02. The second kappa shape index (κ2) is 5.68. The van der Waals surface area contributed by atoms with E-state index in [1.165, 1.54) is 13.3 Å². The summed E-state index contributed by atoms with van der Waals surface area (Å²) in [6.07, 6.45) is 5.30. The van der Waals surface area contributed by atoms with Crippen molar-refractivity contribution in [3.05, 3.63) is 42.0 Å². The van der Waals surface area contributed by atoms with Gasteiger partial charge in [0, 0.05) is 30.1 Å². The average molecular weight is 263 g/mol. The molecule has 0 amide bonds. The normalized spacial score (nSPS) is 10.3. The van der Waals surface area contributed by atoms with Crippen molar-refractivity contribution in [2.75, 3.05) is 7.11 Å². The number of esters is 1.